The SMILES string of the molecule is CNC1CCN(CCOCCCCC(N)=O)C1. The molecule has 0 radical (unpaired) electrons. The number of primary amides is 1. The third kappa shape index (κ3) is 6.61. The molecule has 1 amide bonds. The molecule has 1 fully saturated rings. The molecule has 1 aliphatic heterocycles. The predicted octanol–water partition coefficient (Wildman–Crippen LogP) is -0.0477. The molecule has 0 aromatic rings. The highest BCUT2D eigenvalue weighted by molar-refractivity contribution is 5.73. The Morgan fingerprint density at radius 1 is 1.47 bits per heavy atom. The fourth-order valence-corrected chi connectivity index (χ4v) is 2.07. The van der Waals surface area contributed by atoms with Gasteiger partial charge in [0.05, 0.1) is 6.61 Å². The lowest BCUT2D eigenvalue weighted by Gasteiger charge is -2.15. The van der Waals surface area contributed by atoms with Crippen molar-refractivity contribution in [2.75, 3.05) is 39.9 Å². The fourth-order valence-electron chi connectivity index (χ4n) is 2.07. The Kier molecular flexibility index (Phi) is 7.16. The van der Waals surface area contributed by atoms with E-state index in [2.05, 4.69) is 10.2 Å². The van der Waals surface area contributed by atoms with Crippen LogP contribution in [0.3, 0.4) is 0 Å². The van der Waals surface area contributed by atoms with Gasteiger partial charge in [-0.05, 0) is 32.9 Å². The van der Waals surface area contributed by atoms with Crippen LogP contribution in [0.15, 0.2) is 0 Å². The van der Waals surface area contributed by atoms with E-state index in [0.717, 1.165) is 45.7 Å². The van der Waals surface area contributed by atoms with Crippen molar-refractivity contribution in [2.45, 2.75) is 31.7 Å². The number of rotatable bonds is 9. The maximum atomic E-state index is 10.5. The molecule has 1 rings (SSSR count). The number of nitrogens with zero attached hydrogens (tertiary/aromatic N) is 1. The maximum absolute atomic E-state index is 10.5. The summed E-state index contributed by atoms with van der Waals surface area (Å²) < 4.78 is 5.53. The van der Waals surface area contributed by atoms with Crippen molar-refractivity contribution >= 4 is 5.91 Å². The monoisotopic (exact) mass is 243 g/mol. The molecule has 1 aliphatic rings. The highest BCUT2D eigenvalue weighted by atomic mass is 16.5. The van der Waals surface area contributed by atoms with Gasteiger partial charge >= 0.3 is 0 Å². The molecule has 1 saturated heterocycles. The highest BCUT2D eigenvalue weighted by Crippen LogP contribution is 2.07. The second-order valence-corrected chi connectivity index (χ2v) is 4.61. The molecule has 5 heteroatoms. The molecule has 1 unspecified atom stereocenters. The molecule has 5 nitrogen and oxygen atoms in total. The van der Waals surface area contributed by atoms with Gasteiger partial charge in [0.25, 0.3) is 0 Å². The van der Waals surface area contributed by atoms with Crippen LogP contribution in [-0.2, 0) is 9.53 Å². The first-order valence-electron chi connectivity index (χ1n) is 6.48. The minimum atomic E-state index is -0.222. The zero-order valence-corrected chi connectivity index (χ0v) is 10.8. The van der Waals surface area contributed by atoms with Crippen LogP contribution in [-0.4, -0.2) is 56.7 Å². The summed E-state index contributed by atoms with van der Waals surface area (Å²) in [5.41, 5.74) is 5.05. The topological polar surface area (TPSA) is 67.6 Å². The van der Waals surface area contributed by atoms with E-state index in [4.69, 9.17) is 10.5 Å². The molecule has 0 bridgehead atoms. The summed E-state index contributed by atoms with van der Waals surface area (Å²) in [5.74, 6) is -0.222. The van der Waals surface area contributed by atoms with Crippen molar-refractivity contribution in [3.63, 3.8) is 0 Å². The number of likely N-dealkylation sites (tertiary alicyclic amines) is 1. The van der Waals surface area contributed by atoms with Gasteiger partial charge in [-0.25, -0.2) is 0 Å². The molecule has 1 heterocycles. The number of nitrogens with one attached hydrogen (secondary N) is 1. The number of likely N-dealkylation sites (N-methyl/N-ethyl adjacent to an activating group) is 1. The lowest BCUT2D eigenvalue weighted by Crippen LogP contribution is -2.31. The van der Waals surface area contributed by atoms with Gasteiger partial charge in [-0.1, -0.05) is 0 Å². The second kappa shape index (κ2) is 8.44. The van der Waals surface area contributed by atoms with Crippen LogP contribution < -0.4 is 11.1 Å². The Balaban J connectivity index is 1.86. The normalized spacial score (nSPS) is 20.9. The van der Waals surface area contributed by atoms with Crippen LogP contribution in [0.2, 0.25) is 0 Å². The summed E-state index contributed by atoms with van der Waals surface area (Å²) in [6, 6.07) is 0.644. The number of carbonyl (C=O) groups excluding carboxylic acids is 1. The smallest absolute Gasteiger partial charge is 0.217 e. The Labute approximate surface area is 104 Å². The molecule has 1 atom stereocenters. The Bertz CT molecular complexity index is 224. The van der Waals surface area contributed by atoms with Gasteiger partial charge in [0, 0.05) is 32.2 Å². The van der Waals surface area contributed by atoms with Gasteiger partial charge in [-0.15, -0.1) is 0 Å². The first kappa shape index (κ1) is 14.4. The van der Waals surface area contributed by atoms with Crippen molar-refractivity contribution in [2.24, 2.45) is 5.73 Å². The summed E-state index contributed by atoms with van der Waals surface area (Å²) in [4.78, 5) is 12.9. The summed E-state index contributed by atoms with van der Waals surface area (Å²) in [5, 5.41) is 3.30. The van der Waals surface area contributed by atoms with Crippen molar-refractivity contribution < 1.29 is 9.53 Å². The average molecular weight is 243 g/mol. The van der Waals surface area contributed by atoms with Gasteiger partial charge < -0.3 is 15.8 Å². The van der Waals surface area contributed by atoms with Gasteiger partial charge in [0.15, 0.2) is 0 Å². The number of amides is 1. The summed E-state index contributed by atoms with van der Waals surface area (Å²) in [6.45, 7) is 4.82. The quantitative estimate of drug-likeness (QED) is 0.557. The standard InChI is InChI=1S/C12H25N3O2/c1-14-11-5-6-15(10-11)7-9-17-8-3-2-4-12(13)16/h11,14H,2-10H2,1H3,(H2,13,16). The van der Waals surface area contributed by atoms with E-state index in [1.807, 2.05) is 7.05 Å². The highest BCUT2D eigenvalue weighted by Gasteiger charge is 2.19. The van der Waals surface area contributed by atoms with Gasteiger partial charge in [0.1, 0.15) is 0 Å². The third-order valence-electron chi connectivity index (χ3n) is 3.19. The third-order valence-corrected chi connectivity index (χ3v) is 3.19. The van der Waals surface area contributed by atoms with Gasteiger partial charge in [0.2, 0.25) is 5.91 Å². The molecule has 0 spiro atoms. The number of ether oxygens (including phenoxy) is 1. The van der Waals surface area contributed by atoms with E-state index in [1.165, 1.54) is 6.42 Å². The van der Waals surface area contributed by atoms with E-state index < -0.39 is 0 Å². The van der Waals surface area contributed by atoms with Crippen molar-refractivity contribution in [1.29, 1.82) is 0 Å². The van der Waals surface area contributed by atoms with E-state index in [1.54, 1.807) is 0 Å². The predicted molar refractivity (Wildman–Crippen MR) is 67.8 cm³/mol. The molecular formula is C12H25N3O2. The van der Waals surface area contributed by atoms with Gasteiger partial charge in [-0.3, -0.25) is 9.69 Å². The lowest BCUT2D eigenvalue weighted by atomic mass is 10.2. The average Bonchev–Trinajstić information content (AvgIpc) is 2.75. The zero-order chi connectivity index (χ0) is 12.5. The fraction of sp³-hybridized carbons (Fsp3) is 0.917. The minimum absolute atomic E-state index is 0.222. The first-order valence-corrected chi connectivity index (χ1v) is 6.48. The molecule has 0 aromatic heterocycles. The van der Waals surface area contributed by atoms with Gasteiger partial charge in [-0.2, -0.15) is 0 Å². The van der Waals surface area contributed by atoms with Crippen molar-refractivity contribution in [3.8, 4) is 0 Å². The molecule has 100 valence electrons. The molecule has 0 aliphatic carbocycles. The second-order valence-electron chi connectivity index (χ2n) is 4.61. The lowest BCUT2D eigenvalue weighted by molar-refractivity contribution is -0.118. The molecule has 0 saturated carbocycles. The Morgan fingerprint density at radius 2 is 2.29 bits per heavy atom. The van der Waals surface area contributed by atoms with E-state index in [0.29, 0.717) is 12.5 Å². The maximum Gasteiger partial charge on any atom is 0.217 e. The van der Waals surface area contributed by atoms with Crippen molar-refractivity contribution in [1.82, 2.24) is 10.2 Å². The first-order chi connectivity index (χ1) is 8.22. The summed E-state index contributed by atoms with van der Waals surface area (Å²) >= 11 is 0. The van der Waals surface area contributed by atoms with E-state index in [-0.39, 0.29) is 5.91 Å². The molecular weight excluding hydrogens is 218 g/mol. The van der Waals surface area contributed by atoms with Crippen LogP contribution >= 0.6 is 0 Å². The van der Waals surface area contributed by atoms with Crippen molar-refractivity contribution in [3.05, 3.63) is 0 Å². The van der Waals surface area contributed by atoms with Crippen LogP contribution in [0.1, 0.15) is 25.7 Å². The number of hydrogen-bond donors (Lipinski definition) is 2. The minimum Gasteiger partial charge on any atom is -0.380 e. The van der Waals surface area contributed by atoms with Crippen LogP contribution in [0.4, 0.5) is 0 Å². The molecule has 0 aromatic carbocycles. The Morgan fingerprint density at radius 3 is 2.94 bits per heavy atom. The molecule has 17 heavy (non-hydrogen) atoms. The number of unbranched alkanes of at least 4 members (excludes halogenated alkanes) is 1. The summed E-state index contributed by atoms with van der Waals surface area (Å²) in [6.07, 6.45) is 3.46. The number of carbonyl (C=O) groups is 1. The zero-order valence-electron chi connectivity index (χ0n) is 10.8. The van der Waals surface area contributed by atoms with Crippen LogP contribution in [0.25, 0.3) is 0 Å². The Hall–Kier alpha value is -0.650. The van der Waals surface area contributed by atoms with Crippen LogP contribution in [0, 0.1) is 0 Å². The number of nitrogens with two attached hydrogens (primary N) is 1. The van der Waals surface area contributed by atoms with Crippen LogP contribution in [0.5, 0.6) is 0 Å². The van der Waals surface area contributed by atoms with E-state index >= 15 is 0 Å². The largest absolute Gasteiger partial charge is 0.380 e. The van der Waals surface area contributed by atoms with E-state index in [9.17, 15) is 4.79 Å². The summed E-state index contributed by atoms with van der Waals surface area (Å²) in [7, 11) is 2.02. The number of hydrogen-bond acceptors (Lipinski definition) is 4. The molecule has 3 N–H and O–H groups in total.